The maximum absolute atomic E-state index is 13.0. The minimum Gasteiger partial charge on any atom is -0.393 e. The first-order chi connectivity index (χ1) is 33.1. The normalized spacial score (nSPS) is 23.1. The van der Waals surface area contributed by atoms with E-state index >= 15 is 0 Å². The molecule has 12 rings (SSSR count). The van der Waals surface area contributed by atoms with Gasteiger partial charge in [0.2, 0.25) is 0 Å². The predicted molar refractivity (Wildman–Crippen MR) is 267 cm³/mol. The van der Waals surface area contributed by atoms with Crippen LogP contribution in [0.5, 0.6) is 0 Å². The van der Waals surface area contributed by atoms with Crippen LogP contribution in [0.1, 0.15) is 165 Å². The van der Waals surface area contributed by atoms with Crippen molar-refractivity contribution < 1.29 is 29.7 Å². The molecule has 21 heteroatoms. The predicted octanol–water partition coefficient (Wildman–Crippen LogP) is 6.81. The molecular formula is C49H61Cl3N12O6. The van der Waals surface area contributed by atoms with Crippen LogP contribution in [0, 0.1) is 0 Å². The number of carbonyl (C=O) groups is 3. The molecule has 0 saturated heterocycles. The summed E-state index contributed by atoms with van der Waals surface area (Å²) >= 11 is 18.2. The molecular weight excluding hydrogens is 959 g/mol. The highest BCUT2D eigenvalue weighted by Crippen LogP contribution is 2.39. The van der Waals surface area contributed by atoms with Crippen LogP contribution in [-0.4, -0.2) is 95.6 Å². The molecule has 374 valence electrons. The van der Waals surface area contributed by atoms with Gasteiger partial charge in [-0.25, -0.2) is 0 Å². The summed E-state index contributed by atoms with van der Waals surface area (Å²) in [6, 6.07) is 5.51. The monoisotopic (exact) mass is 1020 g/mol. The Balaban J connectivity index is 0.000000129. The molecule has 12 N–H and O–H groups in total. The highest BCUT2D eigenvalue weighted by atomic mass is 35.5. The number of nitrogen functional groups attached to an aromatic ring is 3. The quantitative estimate of drug-likeness (QED) is 0.0884. The number of aryl methyl sites for hydroxylation is 6. The smallest absolute Gasteiger partial charge is 0.256 e. The molecule has 70 heavy (non-hydrogen) atoms. The molecule has 0 saturated carbocycles. The third-order valence-electron chi connectivity index (χ3n) is 14.9. The summed E-state index contributed by atoms with van der Waals surface area (Å²) in [4.78, 5) is 48.3. The van der Waals surface area contributed by atoms with E-state index in [9.17, 15) is 29.7 Å². The number of aliphatic hydroxyl groups is 3. The molecule has 0 spiro atoms. The molecule has 0 fully saturated rings. The Morgan fingerprint density at radius 3 is 1.03 bits per heavy atom. The van der Waals surface area contributed by atoms with Crippen molar-refractivity contribution in [1.82, 2.24) is 44.3 Å². The average Bonchev–Trinajstić information content (AvgIpc) is 4.19. The van der Waals surface area contributed by atoms with Gasteiger partial charge in [-0.15, -0.1) is 0 Å². The van der Waals surface area contributed by atoms with Gasteiger partial charge in [0.1, 0.15) is 32.9 Å². The number of aliphatic hydroxyl groups excluding tert-OH is 3. The summed E-state index contributed by atoms with van der Waals surface area (Å²) < 4.78 is 4.01. The maximum atomic E-state index is 13.0. The second kappa shape index (κ2) is 20.0. The summed E-state index contributed by atoms with van der Waals surface area (Å²) in [5, 5.41) is 44.4. The molecule has 6 heterocycles. The number of nitrogens with one attached hydrogen (secondary N) is 3. The molecule has 6 aromatic rings. The number of H-pyrrole nitrogens is 3. The number of hydrogen-bond acceptors (Lipinski definition) is 12. The van der Waals surface area contributed by atoms with E-state index in [1.54, 1.807) is 0 Å². The fourth-order valence-corrected chi connectivity index (χ4v) is 12.0. The Morgan fingerprint density at radius 1 is 0.486 bits per heavy atom. The summed E-state index contributed by atoms with van der Waals surface area (Å²) in [5.41, 5.74) is 29.4. The summed E-state index contributed by atoms with van der Waals surface area (Å²) in [7, 11) is 0. The van der Waals surface area contributed by atoms with Crippen molar-refractivity contribution in [3.8, 4) is 0 Å². The van der Waals surface area contributed by atoms with Crippen LogP contribution >= 0.6 is 34.8 Å². The molecule has 0 radical (unpaired) electrons. The molecule has 6 aliphatic carbocycles. The van der Waals surface area contributed by atoms with Crippen LogP contribution < -0.4 is 17.2 Å². The highest BCUT2D eigenvalue weighted by Gasteiger charge is 2.36. The first kappa shape index (κ1) is 49.6. The Bertz CT molecular complexity index is 2650. The number of hydrogen-bond donors (Lipinski definition) is 9. The Kier molecular flexibility index (Phi) is 14.2. The summed E-state index contributed by atoms with van der Waals surface area (Å²) in [6.45, 7) is 0. The zero-order chi connectivity index (χ0) is 48.4. The molecule has 0 aromatic carbocycles. The Morgan fingerprint density at radius 2 is 0.757 bits per heavy atom. The maximum Gasteiger partial charge on any atom is 0.256 e. The van der Waals surface area contributed by atoms with E-state index in [0.29, 0.717) is 90.7 Å². The van der Waals surface area contributed by atoms with Crippen molar-refractivity contribution in [3.63, 3.8) is 0 Å². The van der Waals surface area contributed by atoms with Gasteiger partial charge in [-0.2, -0.15) is 29.3 Å². The molecule has 18 nitrogen and oxygen atoms in total. The number of nitrogens with two attached hydrogens (primary N) is 3. The van der Waals surface area contributed by atoms with Gasteiger partial charge in [-0.05, 0) is 131 Å². The van der Waals surface area contributed by atoms with Crippen molar-refractivity contribution >= 4 is 70.0 Å². The minimum atomic E-state index is -0.401. The van der Waals surface area contributed by atoms with Crippen molar-refractivity contribution in [1.29, 1.82) is 0 Å². The van der Waals surface area contributed by atoms with Crippen LogP contribution in [0.25, 0.3) is 0 Å². The lowest BCUT2D eigenvalue weighted by Crippen LogP contribution is -2.25. The number of nitrogens with zero attached hydrogens (tertiary/aromatic N) is 6. The third-order valence-corrected chi connectivity index (χ3v) is 15.5. The first-order valence-corrected chi connectivity index (χ1v) is 25.1. The summed E-state index contributed by atoms with van der Waals surface area (Å²) in [6.07, 6.45) is 12.0. The number of fused-ring (bicyclic) bond motifs is 6. The number of aromatic nitrogens is 9. The topological polar surface area (TPSA) is 291 Å². The largest absolute Gasteiger partial charge is 0.393 e. The second-order valence-corrected chi connectivity index (χ2v) is 20.6. The van der Waals surface area contributed by atoms with Gasteiger partial charge in [-0.1, -0.05) is 42.2 Å². The van der Waals surface area contributed by atoms with Crippen LogP contribution in [0.2, 0.25) is 15.5 Å². The minimum absolute atomic E-state index is 0. The number of halogens is 3. The molecule has 0 bridgehead atoms. The zero-order valence-electron chi connectivity index (χ0n) is 38.0. The van der Waals surface area contributed by atoms with Gasteiger partial charge in [0.05, 0.1) is 53.1 Å². The van der Waals surface area contributed by atoms with E-state index in [2.05, 4.69) is 30.2 Å². The van der Waals surface area contributed by atoms with Gasteiger partial charge in [0.25, 0.3) is 17.7 Å². The summed E-state index contributed by atoms with van der Waals surface area (Å²) in [5.74, 6) is -0.00947. The van der Waals surface area contributed by atoms with E-state index in [-0.39, 0.29) is 42.9 Å². The van der Waals surface area contributed by atoms with Crippen molar-refractivity contribution in [2.45, 2.75) is 159 Å². The molecule has 6 atom stereocenters. The Hall–Kier alpha value is -5.37. The SMILES string of the molecule is C.Nc1c2c(nn1C(=O)C1CCCc3[nH]c(Cl)cc31)CC[C@H](O)C2.Nc1c2c(nn1C(=O)[C@@H]1CCCc3[nH]c(Cl)cc31)CC[C@H](O)C2.Nc1c2c(nn1C(=O)[C@H]1CCCc3[nH]c(Cl)cc31)CC[C@H](O)C2. The second-order valence-electron chi connectivity index (χ2n) is 19.4. The van der Waals surface area contributed by atoms with E-state index in [4.69, 9.17) is 52.0 Å². The average molecular weight is 1020 g/mol. The first-order valence-electron chi connectivity index (χ1n) is 24.0. The lowest BCUT2D eigenvalue weighted by Gasteiger charge is -2.21. The number of anilines is 3. The van der Waals surface area contributed by atoms with Crippen molar-refractivity contribution in [3.05, 3.63) is 101 Å². The van der Waals surface area contributed by atoms with Gasteiger partial charge in [0, 0.05) is 53.0 Å². The molecule has 6 aliphatic rings. The van der Waals surface area contributed by atoms with Gasteiger partial charge >= 0.3 is 0 Å². The lowest BCUT2D eigenvalue weighted by molar-refractivity contribution is 0.0846. The van der Waals surface area contributed by atoms with Crippen molar-refractivity contribution in [2.75, 3.05) is 17.2 Å². The third kappa shape index (κ3) is 9.34. The van der Waals surface area contributed by atoms with E-state index < -0.39 is 18.3 Å². The zero-order valence-corrected chi connectivity index (χ0v) is 40.3. The molecule has 1 unspecified atom stereocenters. The molecule has 0 amide bonds. The lowest BCUT2D eigenvalue weighted by atomic mass is 9.86. The number of rotatable bonds is 3. The van der Waals surface area contributed by atoms with E-state index in [0.717, 1.165) is 125 Å². The van der Waals surface area contributed by atoms with Crippen molar-refractivity contribution in [2.24, 2.45) is 0 Å². The van der Waals surface area contributed by atoms with E-state index in [1.165, 1.54) is 14.0 Å². The number of carbonyl (C=O) groups excluding carboxylic acids is 3. The van der Waals surface area contributed by atoms with Crippen LogP contribution in [0.15, 0.2) is 18.2 Å². The standard InChI is InChI=1S/3C16H19ClN4O2.CH4/c3*17-14-7-10-9(2-1-3-12(10)19-14)16(23)21-15(18)11-6-8(22)4-5-13(11)20-21;/h3*7-9,19,22H,1-6,18H2;1H4/t8-,9?;8-,9+;8-,9-;/m000./s1. The number of aromatic amines is 3. The van der Waals surface area contributed by atoms with Crippen LogP contribution in [-0.2, 0) is 57.8 Å². The fourth-order valence-electron chi connectivity index (χ4n) is 11.3. The Labute approximate surface area is 419 Å². The van der Waals surface area contributed by atoms with Gasteiger partial charge in [-0.3, -0.25) is 14.4 Å². The van der Waals surface area contributed by atoms with Crippen LogP contribution in [0.4, 0.5) is 17.5 Å². The van der Waals surface area contributed by atoms with E-state index in [1.807, 2.05) is 18.2 Å². The molecule has 6 aromatic heterocycles. The highest BCUT2D eigenvalue weighted by molar-refractivity contribution is 6.30. The van der Waals surface area contributed by atoms with Crippen LogP contribution in [0.3, 0.4) is 0 Å². The fraction of sp³-hybridized carbons (Fsp3) is 0.510. The van der Waals surface area contributed by atoms with Gasteiger partial charge in [0.15, 0.2) is 0 Å². The molecule has 0 aliphatic heterocycles. The van der Waals surface area contributed by atoms with Gasteiger partial charge < -0.3 is 47.5 Å².